The average molecular weight is 313 g/mol. The smallest absolute Gasteiger partial charge is 0.221 e. The number of para-hydroxylation sites is 1. The van der Waals surface area contributed by atoms with Gasteiger partial charge in [-0.3, -0.25) is 0 Å². The van der Waals surface area contributed by atoms with Crippen LogP contribution in [0.4, 0.5) is 0 Å². The zero-order valence-electron chi connectivity index (χ0n) is 12.3. The lowest BCUT2D eigenvalue weighted by Crippen LogP contribution is -1.98. The van der Waals surface area contributed by atoms with Gasteiger partial charge in [0.1, 0.15) is 0 Å². The Balaban J connectivity index is 2.25. The van der Waals surface area contributed by atoms with Gasteiger partial charge in [0.25, 0.3) is 0 Å². The molecule has 0 saturated carbocycles. The fourth-order valence-electron chi connectivity index (χ4n) is 2.35. The Morgan fingerprint density at radius 1 is 1.00 bits per heavy atom. The van der Waals surface area contributed by atoms with E-state index in [2.05, 4.69) is 4.98 Å². The van der Waals surface area contributed by atoms with E-state index < -0.39 is 9.84 Å². The summed E-state index contributed by atoms with van der Waals surface area (Å²) in [6.45, 7) is 0. The predicted octanol–water partition coefficient (Wildman–Crippen LogP) is 3.31. The van der Waals surface area contributed by atoms with Crippen LogP contribution in [0.15, 0.2) is 59.5 Å². The van der Waals surface area contributed by atoms with Crippen LogP contribution in [-0.2, 0) is 9.84 Å². The normalized spacial score (nSPS) is 11.5. The van der Waals surface area contributed by atoms with Crippen molar-refractivity contribution < 1.29 is 13.2 Å². The first-order valence-corrected chi connectivity index (χ1v) is 8.62. The number of sulfone groups is 1. The summed E-state index contributed by atoms with van der Waals surface area (Å²) >= 11 is 0. The van der Waals surface area contributed by atoms with Crippen LogP contribution in [-0.4, -0.2) is 26.8 Å². The summed E-state index contributed by atoms with van der Waals surface area (Å²) < 4.78 is 28.8. The van der Waals surface area contributed by atoms with E-state index in [0.29, 0.717) is 5.88 Å². The molecule has 4 nitrogen and oxygen atoms in total. The number of benzene rings is 2. The molecule has 0 bridgehead atoms. The van der Waals surface area contributed by atoms with E-state index in [-0.39, 0.29) is 4.90 Å². The minimum Gasteiger partial charge on any atom is -0.481 e. The van der Waals surface area contributed by atoms with Crippen molar-refractivity contribution in [3.8, 4) is 17.0 Å². The van der Waals surface area contributed by atoms with E-state index in [0.717, 1.165) is 22.0 Å². The van der Waals surface area contributed by atoms with Gasteiger partial charge in [-0.2, -0.15) is 0 Å². The standard InChI is InChI=1S/C17H15NO3S/c1-21-17-15(11-13-6-3-4-9-16(13)18-17)12-7-5-8-14(10-12)22(2,19)20/h3-11H,1-2H3. The number of hydrogen-bond acceptors (Lipinski definition) is 4. The third-order valence-electron chi connectivity index (χ3n) is 3.46. The molecule has 22 heavy (non-hydrogen) atoms. The molecule has 0 aliphatic rings. The van der Waals surface area contributed by atoms with Crippen LogP contribution >= 0.6 is 0 Å². The summed E-state index contributed by atoms with van der Waals surface area (Å²) in [5.74, 6) is 0.476. The molecule has 1 heterocycles. The van der Waals surface area contributed by atoms with Crippen molar-refractivity contribution in [3.05, 3.63) is 54.6 Å². The van der Waals surface area contributed by atoms with Crippen LogP contribution in [0.2, 0.25) is 0 Å². The Hall–Kier alpha value is -2.40. The highest BCUT2D eigenvalue weighted by molar-refractivity contribution is 7.90. The molecule has 0 amide bonds. The molecule has 0 radical (unpaired) electrons. The highest BCUT2D eigenvalue weighted by Crippen LogP contribution is 2.32. The van der Waals surface area contributed by atoms with Crippen molar-refractivity contribution >= 4 is 20.7 Å². The number of pyridine rings is 1. The van der Waals surface area contributed by atoms with E-state index in [1.165, 1.54) is 6.26 Å². The molecule has 0 spiro atoms. The Morgan fingerprint density at radius 2 is 1.77 bits per heavy atom. The average Bonchev–Trinajstić information content (AvgIpc) is 2.53. The third kappa shape index (κ3) is 2.67. The molecule has 0 atom stereocenters. The van der Waals surface area contributed by atoms with Crippen molar-refractivity contribution in [2.75, 3.05) is 13.4 Å². The highest BCUT2D eigenvalue weighted by atomic mass is 32.2. The zero-order chi connectivity index (χ0) is 15.7. The first-order chi connectivity index (χ1) is 10.5. The van der Waals surface area contributed by atoms with E-state index in [9.17, 15) is 8.42 Å². The van der Waals surface area contributed by atoms with E-state index in [1.54, 1.807) is 25.3 Å². The Bertz CT molecular complexity index is 949. The number of hydrogen-bond donors (Lipinski definition) is 0. The molecule has 0 aliphatic heterocycles. The number of methoxy groups -OCH3 is 1. The van der Waals surface area contributed by atoms with Crippen molar-refractivity contribution in [1.82, 2.24) is 4.98 Å². The van der Waals surface area contributed by atoms with Gasteiger partial charge in [-0.25, -0.2) is 13.4 Å². The van der Waals surface area contributed by atoms with Crippen molar-refractivity contribution in [2.45, 2.75) is 4.90 Å². The van der Waals surface area contributed by atoms with Crippen LogP contribution in [0.5, 0.6) is 5.88 Å². The van der Waals surface area contributed by atoms with Crippen LogP contribution in [0, 0.1) is 0 Å². The maximum Gasteiger partial charge on any atom is 0.221 e. The highest BCUT2D eigenvalue weighted by Gasteiger charge is 2.13. The molecule has 0 N–H and O–H groups in total. The van der Waals surface area contributed by atoms with Crippen LogP contribution in [0.25, 0.3) is 22.0 Å². The summed E-state index contributed by atoms with van der Waals surface area (Å²) in [6, 6.07) is 16.5. The largest absolute Gasteiger partial charge is 0.481 e. The molecule has 0 saturated heterocycles. The van der Waals surface area contributed by atoms with Gasteiger partial charge in [0.15, 0.2) is 9.84 Å². The number of aromatic nitrogens is 1. The monoisotopic (exact) mass is 313 g/mol. The van der Waals surface area contributed by atoms with Gasteiger partial charge in [0.05, 0.1) is 17.5 Å². The number of ether oxygens (including phenoxy) is 1. The van der Waals surface area contributed by atoms with Crippen molar-refractivity contribution in [2.24, 2.45) is 0 Å². The van der Waals surface area contributed by atoms with E-state index >= 15 is 0 Å². The maximum atomic E-state index is 11.7. The molecule has 112 valence electrons. The lowest BCUT2D eigenvalue weighted by Gasteiger charge is -2.10. The number of rotatable bonds is 3. The molecule has 3 rings (SSSR count). The zero-order valence-corrected chi connectivity index (χ0v) is 13.1. The number of nitrogens with zero attached hydrogens (tertiary/aromatic N) is 1. The molecule has 0 fully saturated rings. The topological polar surface area (TPSA) is 56.3 Å². The molecular weight excluding hydrogens is 298 g/mol. The summed E-state index contributed by atoms with van der Waals surface area (Å²) in [6.07, 6.45) is 1.20. The van der Waals surface area contributed by atoms with E-state index in [1.807, 2.05) is 36.4 Å². The molecule has 5 heteroatoms. The first-order valence-electron chi connectivity index (χ1n) is 6.73. The number of fused-ring (bicyclic) bond motifs is 1. The van der Waals surface area contributed by atoms with Crippen LogP contribution in [0.3, 0.4) is 0 Å². The quantitative estimate of drug-likeness (QED) is 0.744. The Morgan fingerprint density at radius 3 is 2.50 bits per heavy atom. The Labute approximate surface area is 129 Å². The first kappa shape index (κ1) is 14.5. The van der Waals surface area contributed by atoms with Gasteiger partial charge in [-0.15, -0.1) is 0 Å². The van der Waals surface area contributed by atoms with Gasteiger partial charge in [-0.1, -0.05) is 30.3 Å². The van der Waals surface area contributed by atoms with Gasteiger partial charge >= 0.3 is 0 Å². The minimum atomic E-state index is -3.26. The van der Waals surface area contributed by atoms with Crippen molar-refractivity contribution in [3.63, 3.8) is 0 Å². The lowest BCUT2D eigenvalue weighted by molar-refractivity contribution is 0.401. The van der Waals surface area contributed by atoms with Gasteiger partial charge in [0, 0.05) is 17.2 Å². The summed E-state index contributed by atoms with van der Waals surface area (Å²) in [7, 11) is -1.70. The second kappa shape index (κ2) is 5.42. The molecule has 3 aromatic rings. The third-order valence-corrected chi connectivity index (χ3v) is 4.57. The maximum absolute atomic E-state index is 11.7. The van der Waals surface area contributed by atoms with Gasteiger partial charge in [-0.05, 0) is 29.8 Å². The second-order valence-electron chi connectivity index (χ2n) is 5.04. The van der Waals surface area contributed by atoms with Crippen LogP contribution < -0.4 is 4.74 Å². The predicted molar refractivity (Wildman–Crippen MR) is 86.8 cm³/mol. The fraction of sp³-hybridized carbons (Fsp3) is 0.118. The van der Waals surface area contributed by atoms with E-state index in [4.69, 9.17) is 4.74 Å². The summed E-state index contributed by atoms with van der Waals surface area (Å²) in [5.41, 5.74) is 2.37. The molecule has 0 unspecified atom stereocenters. The summed E-state index contributed by atoms with van der Waals surface area (Å²) in [5, 5.41) is 0.975. The van der Waals surface area contributed by atoms with Crippen LogP contribution in [0.1, 0.15) is 0 Å². The molecule has 2 aromatic carbocycles. The Kier molecular flexibility index (Phi) is 3.58. The SMILES string of the molecule is COc1nc2ccccc2cc1-c1cccc(S(C)(=O)=O)c1. The molecular formula is C17H15NO3S. The minimum absolute atomic E-state index is 0.278. The second-order valence-corrected chi connectivity index (χ2v) is 7.05. The fourth-order valence-corrected chi connectivity index (χ4v) is 3.02. The van der Waals surface area contributed by atoms with Crippen molar-refractivity contribution in [1.29, 1.82) is 0 Å². The lowest BCUT2D eigenvalue weighted by atomic mass is 10.0. The van der Waals surface area contributed by atoms with Gasteiger partial charge in [0.2, 0.25) is 5.88 Å². The molecule has 0 aliphatic carbocycles. The molecule has 1 aromatic heterocycles. The van der Waals surface area contributed by atoms with Gasteiger partial charge < -0.3 is 4.74 Å². The summed E-state index contributed by atoms with van der Waals surface area (Å²) in [4.78, 5) is 4.77.